The summed E-state index contributed by atoms with van der Waals surface area (Å²) in [5.74, 6) is 2.60. The van der Waals surface area contributed by atoms with Gasteiger partial charge in [0, 0.05) is 11.3 Å². The Labute approximate surface area is 146 Å². The lowest BCUT2D eigenvalue weighted by Gasteiger charge is -2.44. The minimum absolute atomic E-state index is 0.124. The van der Waals surface area contributed by atoms with Crippen molar-refractivity contribution in [3.63, 3.8) is 0 Å². The zero-order chi connectivity index (χ0) is 16.9. The van der Waals surface area contributed by atoms with Gasteiger partial charge in [0.15, 0.2) is 0 Å². The molecule has 2 saturated carbocycles. The minimum atomic E-state index is 0.124. The number of allylic oxidation sites excluding steroid dienone is 1. The van der Waals surface area contributed by atoms with Crippen LogP contribution in [-0.4, -0.2) is 31.1 Å². The van der Waals surface area contributed by atoms with Crippen LogP contribution in [0.5, 0.6) is 0 Å². The number of rotatable bonds is 4. The van der Waals surface area contributed by atoms with Gasteiger partial charge in [-0.1, -0.05) is 42.7 Å². The predicted molar refractivity (Wildman–Crippen MR) is 99.1 cm³/mol. The molecule has 24 heavy (non-hydrogen) atoms. The Morgan fingerprint density at radius 1 is 1.25 bits per heavy atom. The van der Waals surface area contributed by atoms with E-state index in [1.807, 2.05) is 0 Å². The van der Waals surface area contributed by atoms with E-state index < -0.39 is 0 Å². The van der Waals surface area contributed by atoms with Gasteiger partial charge in [0.1, 0.15) is 5.76 Å². The van der Waals surface area contributed by atoms with Gasteiger partial charge < -0.3 is 4.74 Å². The van der Waals surface area contributed by atoms with E-state index in [9.17, 15) is 0 Å². The average Bonchev–Trinajstić information content (AvgIpc) is 3.02. The van der Waals surface area contributed by atoms with E-state index in [1.54, 1.807) is 0 Å². The highest BCUT2D eigenvalue weighted by molar-refractivity contribution is 5.45. The summed E-state index contributed by atoms with van der Waals surface area (Å²) in [5.41, 5.74) is 3.30. The summed E-state index contributed by atoms with van der Waals surface area (Å²) in [6.07, 6.45) is 9.16. The van der Waals surface area contributed by atoms with Crippen LogP contribution >= 0.6 is 0 Å². The van der Waals surface area contributed by atoms with Crippen LogP contribution in [0.4, 0.5) is 0 Å². The van der Waals surface area contributed by atoms with E-state index in [0.29, 0.717) is 11.8 Å². The van der Waals surface area contributed by atoms with Crippen molar-refractivity contribution in [2.45, 2.75) is 57.4 Å². The highest BCUT2D eigenvalue weighted by atomic mass is 16.5. The van der Waals surface area contributed by atoms with Gasteiger partial charge >= 0.3 is 0 Å². The largest absolute Gasteiger partial charge is 0.498 e. The zero-order valence-corrected chi connectivity index (χ0v) is 15.6. The second-order valence-corrected chi connectivity index (χ2v) is 8.35. The normalized spacial score (nSPS) is 37.5. The molecule has 0 N–H and O–H groups in total. The summed E-state index contributed by atoms with van der Waals surface area (Å²) in [7, 11) is 4.55. The molecule has 1 aromatic carbocycles. The maximum atomic E-state index is 6.21. The monoisotopic (exact) mass is 325 g/mol. The summed E-state index contributed by atoms with van der Waals surface area (Å²) in [5, 5.41) is 0. The molecule has 0 spiro atoms. The molecular weight excluding hydrogens is 294 g/mol. The quantitative estimate of drug-likeness (QED) is 0.781. The van der Waals surface area contributed by atoms with Crippen molar-refractivity contribution < 1.29 is 4.74 Å². The molecule has 0 heterocycles. The summed E-state index contributed by atoms with van der Waals surface area (Å²) in [4.78, 5) is 2.50. The number of hydrogen-bond donors (Lipinski definition) is 0. The first-order valence-corrected chi connectivity index (χ1v) is 9.64. The highest BCUT2D eigenvalue weighted by Crippen LogP contribution is 2.71. The molecule has 2 bridgehead atoms. The van der Waals surface area contributed by atoms with Gasteiger partial charge in [0.2, 0.25) is 0 Å². The molecule has 2 heteroatoms. The molecular formula is C22H31NO. The molecule has 0 saturated heterocycles. The van der Waals surface area contributed by atoms with Gasteiger partial charge in [-0.05, 0) is 64.8 Å². The topological polar surface area (TPSA) is 12.5 Å². The van der Waals surface area contributed by atoms with Gasteiger partial charge in [0.25, 0.3) is 0 Å². The van der Waals surface area contributed by atoms with Crippen LogP contribution in [-0.2, 0) is 4.74 Å². The van der Waals surface area contributed by atoms with E-state index in [4.69, 9.17) is 4.74 Å². The van der Waals surface area contributed by atoms with Crippen LogP contribution in [0.3, 0.4) is 0 Å². The van der Waals surface area contributed by atoms with Gasteiger partial charge in [-0.15, -0.1) is 0 Å². The molecule has 4 atom stereocenters. The fraction of sp³-hybridized carbons (Fsp3) is 0.636. The first-order chi connectivity index (χ1) is 11.5. The lowest BCUT2D eigenvalue weighted by molar-refractivity contribution is 0.0570. The smallest absolute Gasteiger partial charge is 0.100 e. The van der Waals surface area contributed by atoms with Crippen LogP contribution < -0.4 is 0 Å². The molecule has 0 aliphatic heterocycles. The summed E-state index contributed by atoms with van der Waals surface area (Å²) >= 11 is 0. The Kier molecular flexibility index (Phi) is 3.80. The van der Waals surface area contributed by atoms with Crippen molar-refractivity contribution in [1.29, 1.82) is 0 Å². The molecule has 1 aromatic rings. The third kappa shape index (κ3) is 1.98. The summed E-state index contributed by atoms with van der Waals surface area (Å²) < 4.78 is 6.21. The molecule has 0 amide bonds. The van der Waals surface area contributed by atoms with Gasteiger partial charge in [0.05, 0.1) is 12.1 Å². The van der Waals surface area contributed by atoms with Crippen molar-refractivity contribution in [2.75, 3.05) is 20.7 Å². The molecule has 3 aliphatic carbocycles. The minimum Gasteiger partial charge on any atom is -0.498 e. The highest BCUT2D eigenvalue weighted by Gasteiger charge is 2.69. The molecule has 0 unspecified atom stereocenters. The standard InChI is InChI=1S/C22H31NO/c1-5-24-20-15-22(23(3)4)18(17-10-8-9-16(2)13-17)14-21(20)12-7-6-11-19(21)22/h8-10,13,15,18-19H,5-7,11-12,14H2,1-4H3/t18-,19-,21-,22-/m1/s1. The fourth-order valence-corrected chi connectivity index (χ4v) is 6.24. The fourth-order valence-electron chi connectivity index (χ4n) is 6.24. The molecule has 0 radical (unpaired) electrons. The SMILES string of the molecule is CCOC1=C[C@@]2(N(C)C)[C@@H](c3cccc(C)c3)C[C@@]13CCCC[C@H]32. The average molecular weight is 325 g/mol. The summed E-state index contributed by atoms with van der Waals surface area (Å²) in [6.45, 7) is 5.13. The molecule has 3 aliphatic rings. The van der Waals surface area contributed by atoms with E-state index in [2.05, 4.69) is 63.2 Å². The van der Waals surface area contributed by atoms with Crippen LogP contribution in [0.2, 0.25) is 0 Å². The van der Waals surface area contributed by atoms with Crippen molar-refractivity contribution in [1.82, 2.24) is 4.90 Å². The van der Waals surface area contributed by atoms with Crippen molar-refractivity contribution >= 4 is 0 Å². The third-order valence-electron chi connectivity index (χ3n) is 7.09. The zero-order valence-electron chi connectivity index (χ0n) is 15.6. The maximum absolute atomic E-state index is 6.21. The molecule has 0 aromatic heterocycles. The van der Waals surface area contributed by atoms with Gasteiger partial charge in [-0.25, -0.2) is 0 Å². The van der Waals surface area contributed by atoms with Crippen molar-refractivity contribution in [3.05, 3.63) is 47.2 Å². The second kappa shape index (κ2) is 5.62. The Bertz CT molecular complexity index is 664. The van der Waals surface area contributed by atoms with E-state index >= 15 is 0 Å². The number of nitrogens with zero attached hydrogens (tertiary/aromatic N) is 1. The van der Waals surface area contributed by atoms with E-state index in [-0.39, 0.29) is 11.0 Å². The van der Waals surface area contributed by atoms with Crippen LogP contribution in [0.15, 0.2) is 36.1 Å². The molecule has 4 rings (SSSR count). The van der Waals surface area contributed by atoms with E-state index in [0.717, 1.165) is 6.61 Å². The first kappa shape index (κ1) is 16.2. The maximum Gasteiger partial charge on any atom is 0.100 e. The Balaban J connectivity index is 1.86. The molecule has 2 nitrogen and oxygen atoms in total. The Morgan fingerprint density at radius 3 is 2.79 bits per heavy atom. The molecule has 2 fully saturated rings. The first-order valence-electron chi connectivity index (χ1n) is 9.64. The van der Waals surface area contributed by atoms with E-state index in [1.165, 1.54) is 49.0 Å². The second-order valence-electron chi connectivity index (χ2n) is 8.35. The van der Waals surface area contributed by atoms with Crippen LogP contribution in [0.1, 0.15) is 56.1 Å². The predicted octanol–water partition coefficient (Wildman–Crippen LogP) is 4.89. The lowest BCUT2D eigenvalue weighted by Crippen LogP contribution is -2.49. The lowest BCUT2D eigenvalue weighted by atomic mass is 9.67. The molecule has 130 valence electrons. The Hall–Kier alpha value is -1.28. The Morgan fingerprint density at radius 2 is 2.08 bits per heavy atom. The number of benzene rings is 1. The number of likely N-dealkylation sites (N-methyl/N-ethyl adjacent to an activating group) is 1. The third-order valence-corrected chi connectivity index (χ3v) is 7.09. The van der Waals surface area contributed by atoms with Gasteiger partial charge in [-0.2, -0.15) is 0 Å². The number of ether oxygens (including phenoxy) is 1. The van der Waals surface area contributed by atoms with Gasteiger partial charge in [-0.3, -0.25) is 4.90 Å². The summed E-state index contributed by atoms with van der Waals surface area (Å²) in [6, 6.07) is 9.20. The number of hydrogen-bond acceptors (Lipinski definition) is 2. The van der Waals surface area contributed by atoms with Crippen LogP contribution in [0.25, 0.3) is 0 Å². The van der Waals surface area contributed by atoms with Crippen molar-refractivity contribution in [3.8, 4) is 0 Å². The van der Waals surface area contributed by atoms with Crippen LogP contribution in [0, 0.1) is 18.3 Å². The number of aryl methyl sites for hydroxylation is 1. The van der Waals surface area contributed by atoms with Crippen molar-refractivity contribution in [2.24, 2.45) is 11.3 Å².